The first kappa shape index (κ1) is 19.6. The number of aromatic nitrogens is 3. The van der Waals surface area contributed by atoms with E-state index in [0.717, 1.165) is 34.4 Å². The number of nitrogen functional groups attached to an aromatic ring is 1. The van der Waals surface area contributed by atoms with Gasteiger partial charge in [0.15, 0.2) is 0 Å². The molecule has 3 aromatic heterocycles. The number of nitrogens with zero attached hydrogens (tertiary/aromatic N) is 4. The normalized spacial score (nSPS) is 10.9. The van der Waals surface area contributed by atoms with E-state index in [2.05, 4.69) is 21.5 Å². The minimum Gasteiger partial charge on any atom is -0.397 e. The monoisotopic (exact) mass is 423 g/mol. The molecule has 6 nitrogen and oxygen atoms in total. The Morgan fingerprint density at radius 1 is 1.20 bits per heavy atom. The van der Waals surface area contributed by atoms with E-state index >= 15 is 0 Å². The fourth-order valence-corrected chi connectivity index (χ4v) is 4.01. The predicted octanol–water partition coefficient (Wildman–Crippen LogP) is 4.45. The van der Waals surface area contributed by atoms with Gasteiger partial charge < -0.3 is 10.6 Å². The van der Waals surface area contributed by atoms with Crippen molar-refractivity contribution in [2.24, 2.45) is 0 Å². The van der Waals surface area contributed by atoms with Crippen molar-refractivity contribution < 1.29 is 13.6 Å². The zero-order chi connectivity index (χ0) is 21.3. The number of pyridine rings is 1. The van der Waals surface area contributed by atoms with Crippen LogP contribution in [0.5, 0.6) is 0 Å². The summed E-state index contributed by atoms with van der Waals surface area (Å²) < 4.78 is 28.0. The number of thiophene rings is 1. The van der Waals surface area contributed by atoms with E-state index in [1.807, 2.05) is 0 Å². The van der Waals surface area contributed by atoms with E-state index in [-0.39, 0.29) is 22.8 Å². The van der Waals surface area contributed by atoms with Crippen LogP contribution >= 0.6 is 11.3 Å². The summed E-state index contributed by atoms with van der Waals surface area (Å²) in [5, 5.41) is 0.592. The second-order valence-electron chi connectivity index (χ2n) is 6.28. The highest BCUT2D eigenvalue weighted by molar-refractivity contribution is 7.21. The van der Waals surface area contributed by atoms with Crippen molar-refractivity contribution in [3.8, 4) is 11.4 Å². The number of rotatable bonds is 5. The van der Waals surface area contributed by atoms with Gasteiger partial charge in [-0.15, -0.1) is 17.9 Å². The van der Waals surface area contributed by atoms with E-state index in [1.165, 1.54) is 6.08 Å². The van der Waals surface area contributed by atoms with E-state index in [4.69, 9.17) is 5.73 Å². The molecule has 0 atom stereocenters. The smallest absolute Gasteiger partial charge is 0.270 e. The quantitative estimate of drug-likeness (QED) is 0.480. The minimum atomic E-state index is -0.727. The van der Waals surface area contributed by atoms with Crippen LogP contribution < -0.4 is 10.6 Å². The summed E-state index contributed by atoms with van der Waals surface area (Å²) in [6.45, 7) is 3.58. The number of hydrogen-bond donors (Lipinski definition) is 1. The SMILES string of the molecule is C=CCN(C(=O)c1sc2nc(-c3cnccn3)ccc2c1N)c1cc(F)ccc1F. The first-order valence-electron chi connectivity index (χ1n) is 8.83. The van der Waals surface area contributed by atoms with E-state index in [1.54, 1.807) is 30.7 Å². The van der Waals surface area contributed by atoms with Crippen LogP contribution in [0, 0.1) is 11.6 Å². The van der Waals surface area contributed by atoms with Gasteiger partial charge in [0, 0.05) is 30.4 Å². The van der Waals surface area contributed by atoms with E-state index in [0.29, 0.717) is 21.6 Å². The molecule has 0 aliphatic carbocycles. The van der Waals surface area contributed by atoms with Crippen LogP contribution in [0.1, 0.15) is 9.67 Å². The van der Waals surface area contributed by atoms with Crippen LogP contribution in [-0.2, 0) is 0 Å². The molecule has 3 heterocycles. The van der Waals surface area contributed by atoms with Gasteiger partial charge in [0.1, 0.15) is 27.0 Å². The van der Waals surface area contributed by atoms with Crippen LogP contribution in [0.15, 0.2) is 61.6 Å². The lowest BCUT2D eigenvalue weighted by Gasteiger charge is -2.21. The number of benzene rings is 1. The summed E-state index contributed by atoms with van der Waals surface area (Å²) in [7, 11) is 0. The van der Waals surface area contributed by atoms with Crippen LogP contribution in [0.3, 0.4) is 0 Å². The Balaban J connectivity index is 1.79. The predicted molar refractivity (Wildman–Crippen MR) is 113 cm³/mol. The molecule has 0 saturated heterocycles. The van der Waals surface area contributed by atoms with Gasteiger partial charge in [-0.2, -0.15) is 0 Å². The Kier molecular flexibility index (Phi) is 5.20. The number of fused-ring (bicyclic) bond motifs is 1. The number of halogens is 2. The van der Waals surface area contributed by atoms with Crippen molar-refractivity contribution in [2.75, 3.05) is 17.2 Å². The van der Waals surface area contributed by atoms with Crippen LogP contribution in [0.2, 0.25) is 0 Å². The van der Waals surface area contributed by atoms with E-state index < -0.39 is 17.5 Å². The molecule has 0 unspecified atom stereocenters. The lowest BCUT2D eigenvalue weighted by molar-refractivity contribution is 0.0993. The molecular formula is C21H15F2N5OS. The topological polar surface area (TPSA) is 85.0 Å². The summed E-state index contributed by atoms with van der Waals surface area (Å²) >= 11 is 1.07. The zero-order valence-electron chi connectivity index (χ0n) is 15.5. The number of hydrogen-bond acceptors (Lipinski definition) is 6. The van der Waals surface area contributed by atoms with Gasteiger partial charge >= 0.3 is 0 Å². The number of carbonyl (C=O) groups is 1. The average molecular weight is 423 g/mol. The molecule has 0 saturated carbocycles. The molecule has 150 valence electrons. The van der Waals surface area contributed by atoms with Crippen molar-refractivity contribution in [1.82, 2.24) is 15.0 Å². The zero-order valence-corrected chi connectivity index (χ0v) is 16.4. The molecule has 0 fully saturated rings. The fourth-order valence-electron chi connectivity index (χ4n) is 2.97. The van der Waals surface area contributed by atoms with Crippen LogP contribution in [0.25, 0.3) is 21.6 Å². The molecule has 0 bridgehead atoms. The third-order valence-corrected chi connectivity index (χ3v) is 5.47. The van der Waals surface area contributed by atoms with Crippen molar-refractivity contribution >= 4 is 38.8 Å². The van der Waals surface area contributed by atoms with Gasteiger partial charge in [-0.1, -0.05) is 6.08 Å². The Bertz CT molecular complexity index is 1260. The molecule has 0 aliphatic rings. The number of anilines is 2. The van der Waals surface area contributed by atoms with Crippen LogP contribution in [-0.4, -0.2) is 27.4 Å². The molecule has 30 heavy (non-hydrogen) atoms. The molecular weight excluding hydrogens is 408 g/mol. The summed E-state index contributed by atoms with van der Waals surface area (Å²) in [6, 6.07) is 6.40. The van der Waals surface area contributed by atoms with Crippen molar-refractivity contribution in [2.45, 2.75) is 0 Å². The lowest BCUT2D eigenvalue weighted by Crippen LogP contribution is -2.31. The van der Waals surface area contributed by atoms with Gasteiger partial charge in [-0.3, -0.25) is 14.8 Å². The number of nitrogens with two attached hydrogens (primary N) is 1. The Morgan fingerprint density at radius 3 is 2.77 bits per heavy atom. The molecule has 4 aromatic rings. The Morgan fingerprint density at radius 2 is 2.03 bits per heavy atom. The van der Waals surface area contributed by atoms with Crippen molar-refractivity contribution in [1.29, 1.82) is 0 Å². The maximum absolute atomic E-state index is 14.3. The van der Waals surface area contributed by atoms with E-state index in [9.17, 15) is 13.6 Å². The van der Waals surface area contributed by atoms with Crippen molar-refractivity contribution in [3.05, 3.63) is 78.1 Å². The average Bonchev–Trinajstić information content (AvgIpc) is 3.10. The van der Waals surface area contributed by atoms with Gasteiger partial charge in [0.25, 0.3) is 5.91 Å². The van der Waals surface area contributed by atoms with Gasteiger partial charge in [-0.25, -0.2) is 13.8 Å². The third-order valence-electron chi connectivity index (χ3n) is 4.37. The highest BCUT2D eigenvalue weighted by Crippen LogP contribution is 2.36. The number of amides is 1. The minimum absolute atomic E-state index is 0.0226. The standard InChI is InChI=1S/C21H15F2N5OS/c1-2-9-28(17-10-12(22)3-5-14(17)23)21(29)19-18(24)13-4-6-15(27-20(13)30-19)16-11-25-7-8-26-16/h2-8,10-11H,1,9,24H2. The summed E-state index contributed by atoms with van der Waals surface area (Å²) in [4.78, 5) is 27.8. The highest BCUT2D eigenvalue weighted by Gasteiger charge is 2.25. The summed E-state index contributed by atoms with van der Waals surface area (Å²) in [6.07, 6.45) is 6.12. The fraction of sp³-hybridized carbons (Fsp3) is 0.0476. The maximum Gasteiger partial charge on any atom is 0.270 e. The third kappa shape index (κ3) is 3.50. The highest BCUT2D eigenvalue weighted by atomic mass is 32.1. The molecule has 2 N–H and O–H groups in total. The lowest BCUT2D eigenvalue weighted by atomic mass is 10.2. The second kappa shape index (κ2) is 7.96. The molecule has 1 aromatic carbocycles. The Hall–Kier alpha value is -3.72. The Labute approximate surface area is 174 Å². The van der Waals surface area contributed by atoms with Gasteiger partial charge in [0.05, 0.1) is 23.3 Å². The second-order valence-corrected chi connectivity index (χ2v) is 7.28. The molecule has 1 amide bonds. The maximum atomic E-state index is 14.3. The molecule has 0 radical (unpaired) electrons. The van der Waals surface area contributed by atoms with Gasteiger partial charge in [0.2, 0.25) is 0 Å². The van der Waals surface area contributed by atoms with Gasteiger partial charge in [-0.05, 0) is 24.3 Å². The number of carbonyl (C=O) groups excluding carboxylic acids is 1. The first-order valence-corrected chi connectivity index (χ1v) is 9.64. The largest absolute Gasteiger partial charge is 0.397 e. The first-order chi connectivity index (χ1) is 14.5. The molecule has 0 aliphatic heterocycles. The summed E-state index contributed by atoms with van der Waals surface area (Å²) in [5.41, 5.74) is 7.40. The molecule has 4 rings (SSSR count). The van der Waals surface area contributed by atoms with Crippen LogP contribution in [0.4, 0.5) is 20.2 Å². The molecule has 9 heteroatoms. The van der Waals surface area contributed by atoms with Crippen molar-refractivity contribution in [3.63, 3.8) is 0 Å². The summed E-state index contributed by atoms with van der Waals surface area (Å²) in [5.74, 6) is -1.96. The molecule has 0 spiro atoms.